The first kappa shape index (κ1) is 13.8. The first-order valence-corrected chi connectivity index (χ1v) is 6.78. The molecule has 0 aromatic carbocycles. The number of aromatic nitrogens is 2. The van der Waals surface area contributed by atoms with Gasteiger partial charge in [-0.25, -0.2) is 13.2 Å². The minimum Gasteiger partial charge on any atom is -0.479 e. The van der Waals surface area contributed by atoms with E-state index in [4.69, 9.17) is 5.11 Å². The van der Waals surface area contributed by atoms with Gasteiger partial charge < -0.3 is 14.6 Å². The second-order valence-electron chi connectivity index (χ2n) is 2.84. The van der Waals surface area contributed by atoms with Gasteiger partial charge in [0, 0.05) is 18.6 Å². The molecule has 1 aromatic rings. The third-order valence-corrected chi connectivity index (χ3v) is 4.34. The summed E-state index contributed by atoms with van der Waals surface area (Å²) in [5.74, 6) is -1.40. The van der Waals surface area contributed by atoms with Gasteiger partial charge in [-0.3, -0.25) is 0 Å². The normalized spacial score (nSPS) is 11.4. The first-order chi connectivity index (χ1) is 7.95. The van der Waals surface area contributed by atoms with E-state index in [-0.39, 0.29) is 22.7 Å². The molecule has 17 heavy (non-hydrogen) atoms. The largest absolute Gasteiger partial charge is 0.479 e. The van der Waals surface area contributed by atoms with Crippen LogP contribution >= 0.6 is 11.5 Å². The fourth-order valence-corrected chi connectivity index (χ4v) is 2.75. The van der Waals surface area contributed by atoms with Gasteiger partial charge in [-0.1, -0.05) is 0 Å². The Balaban J connectivity index is 2.70. The number of carboxylic acids is 1. The van der Waals surface area contributed by atoms with Crippen molar-refractivity contribution in [3.8, 4) is 6.01 Å². The Hall–Kier alpha value is -1.26. The smallest absolute Gasteiger partial charge is 0.341 e. The van der Waals surface area contributed by atoms with Crippen molar-refractivity contribution in [1.82, 2.24) is 9.36 Å². The molecule has 0 aliphatic rings. The van der Waals surface area contributed by atoms with Crippen molar-refractivity contribution in [2.24, 2.45) is 0 Å². The average Bonchev–Trinajstić information content (AvgIpc) is 2.73. The average molecular weight is 282 g/mol. The summed E-state index contributed by atoms with van der Waals surface area (Å²) in [6, 6.07) is -0.256. The van der Waals surface area contributed by atoms with Gasteiger partial charge in [0.1, 0.15) is 0 Å². The van der Waals surface area contributed by atoms with Gasteiger partial charge in [0.05, 0.1) is 12.4 Å². The fraction of sp³-hybridized carbons (Fsp3) is 0.571. The lowest BCUT2D eigenvalue weighted by molar-refractivity contribution is -0.139. The third kappa shape index (κ3) is 4.24. The number of sulfone groups is 1. The topological polar surface area (TPSA) is 116 Å². The molecule has 8 nitrogen and oxygen atoms in total. The van der Waals surface area contributed by atoms with E-state index in [9.17, 15) is 13.2 Å². The van der Waals surface area contributed by atoms with Gasteiger partial charge in [0.15, 0.2) is 6.61 Å². The van der Waals surface area contributed by atoms with Crippen LogP contribution in [-0.4, -0.2) is 54.9 Å². The monoisotopic (exact) mass is 282 g/mol. The predicted molar refractivity (Wildman–Crippen MR) is 57.0 cm³/mol. The molecule has 1 N–H and O–H groups in total. The Kier molecular flexibility index (Phi) is 4.78. The van der Waals surface area contributed by atoms with Crippen LogP contribution in [0.4, 0.5) is 0 Å². The molecular weight excluding hydrogens is 272 g/mol. The molecule has 0 saturated carbocycles. The molecule has 10 heteroatoms. The van der Waals surface area contributed by atoms with Crippen molar-refractivity contribution in [1.29, 1.82) is 0 Å². The van der Waals surface area contributed by atoms with Crippen LogP contribution in [0.3, 0.4) is 0 Å². The minimum absolute atomic E-state index is 0.0488. The molecule has 96 valence electrons. The summed E-state index contributed by atoms with van der Waals surface area (Å²) in [5.41, 5.74) is 0. The van der Waals surface area contributed by atoms with E-state index in [0.717, 1.165) is 0 Å². The highest BCUT2D eigenvalue weighted by atomic mass is 32.2. The molecule has 0 aliphatic carbocycles. The Morgan fingerprint density at radius 1 is 1.53 bits per heavy atom. The maximum Gasteiger partial charge on any atom is 0.341 e. The Morgan fingerprint density at radius 3 is 2.82 bits per heavy atom. The molecule has 1 aromatic heterocycles. The number of carboxylic acid groups (broad SMARTS) is 1. The van der Waals surface area contributed by atoms with Crippen LogP contribution in [0, 0.1) is 0 Å². The molecule has 0 unspecified atom stereocenters. The van der Waals surface area contributed by atoms with E-state index in [1.54, 1.807) is 0 Å². The van der Waals surface area contributed by atoms with Crippen molar-refractivity contribution in [3.05, 3.63) is 0 Å². The maximum absolute atomic E-state index is 11.6. The fourth-order valence-electron chi connectivity index (χ4n) is 0.789. The number of nitrogens with zero attached hydrogens (tertiary/aromatic N) is 2. The summed E-state index contributed by atoms with van der Waals surface area (Å²) in [5, 5.41) is 8.35. The second-order valence-corrected chi connectivity index (χ2v) is 5.87. The van der Waals surface area contributed by atoms with E-state index < -0.39 is 22.4 Å². The highest BCUT2D eigenvalue weighted by molar-refractivity contribution is 7.93. The number of carbonyl (C=O) groups is 1. The van der Waals surface area contributed by atoms with Crippen LogP contribution in [0.2, 0.25) is 0 Å². The number of methoxy groups -OCH3 is 1. The van der Waals surface area contributed by atoms with Crippen molar-refractivity contribution >= 4 is 27.3 Å². The predicted octanol–water partition coefficient (Wildman–Crippen LogP) is -0.578. The van der Waals surface area contributed by atoms with Crippen molar-refractivity contribution < 1.29 is 27.8 Å². The molecule has 1 rings (SSSR count). The van der Waals surface area contributed by atoms with Gasteiger partial charge in [-0.15, -0.1) is 4.37 Å². The van der Waals surface area contributed by atoms with Crippen molar-refractivity contribution in [3.63, 3.8) is 0 Å². The molecule has 0 radical (unpaired) electrons. The van der Waals surface area contributed by atoms with E-state index in [2.05, 4.69) is 18.8 Å². The van der Waals surface area contributed by atoms with Gasteiger partial charge in [-0.2, -0.15) is 4.98 Å². The molecule has 0 fully saturated rings. The van der Waals surface area contributed by atoms with Gasteiger partial charge in [0.25, 0.3) is 0 Å². The zero-order valence-electron chi connectivity index (χ0n) is 8.82. The van der Waals surface area contributed by atoms with Crippen LogP contribution in [-0.2, 0) is 19.4 Å². The van der Waals surface area contributed by atoms with Gasteiger partial charge in [-0.05, 0) is 0 Å². The summed E-state index contributed by atoms with van der Waals surface area (Å²) in [4.78, 5) is 13.8. The number of aliphatic carboxylic acids is 1. The Labute approximate surface area is 101 Å². The maximum atomic E-state index is 11.6. The molecule has 1 heterocycles. The summed E-state index contributed by atoms with van der Waals surface area (Å²) in [7, 11) is -2.16. The molecule has 0 saturated heterocycles. The van der Waals surface area contributed by atoms with E-state index in [0.29, 0.717) is 11.5 Å². The van der Waals surface area contributed by atoms with Crippen molar-refractivity contribution in [2.45, 2.75) is 4.34 Å². The lowest BCUT2D eigenvalue weighted by Crippen LogP contribution is -2.12. The number of rotatable bonds is 7. The van der Waals surface area contributed by atoms with Crippen LogP contribution < -0.4 is 4.74 Å². The summed E-state index contributed by atoms with van der Waals surface area (Å²) < 4.78 is 35.9. The molecular formula is C7H10N2O6S2. The van der Waals surface area contributed by atoms with Crippen LogP contribution in [0.1, 0.15) is 0 Å². The molecule has 0 bridgehead atoms. The number of ether oxygens (including phenoxy) is 2. The summed E-state index contributed by atoms with van der Waals surface area (Å²) in [6.45, 7) is -0.568. The summed E-state index contributed by atoms with van der Waals surface area (Å²) in [6.07, 6.45) is 0. The second kappa shape index (κ2) is 5.89. The quantitative estimate of drug-likeness (QED) is 0.706. The lowest BCUT2D eigenvalue weighted by Gasteiger charge is -1.98. The Morgan fingerprint density at radius 2 is 2.24 bits per heavy atom. The van der Waals surface area contributed by atoms with E-state index in [1.165, 1.54) is 7.11 Å². The van der Waals surface area contributed by atoms with Crippen LogP contribution in [0.15, 0.2) is 4.34 Å². The first-order valence-electron chi connectivity index (χ1n) is 4.35. The number of hydrogen-bond donors (Lipinski definition) is 1. The van der Waals surface area contributed by atoms with Crippen LogP contribution in [0.5, 0.6) is 6.01 Å². The molecule has 0 atom stereocenters. The van der Waals surface area contributed by atoms with E-state index in [1.807, 2.05) is 0 Å². The summed E-state index contributed by atoms with van der Waals surface area (Å²) >= 11 is 0.636. The number of hydrogen-bond acceptors (Lipinski definition) is 8. The SMILES string of the molecule is COCCS(=O)(=O)c1nc(OCC(=O)O)ns1. The zero-order chi connectivity index (χ0) is 12.9. The lowest BCUT2D eigenvalue weighted by atomic mass is 10.7. The molecule has 0 amide bonds. The van der Waals surface area contributed by atoms with Crippen molar-refractivity contribution in [2.75, 3.05) is 26.1 Å². The molecule has 0 aliphatic heterocycles. The molecule has 0 spiro atoms. The Bertz CT molecular complexity index is 482. The highest BCUT2D eigenvalue weighted by Crippen LogP contribution is 2.17. The van der Waals surface area contributed by atoms with Gasteiger partial charge in [0.2, 0.25) is 14.2 Å². The standard InChI is InChI=1S/C7H10N2O6S2/c1-14-2-3-17(12,13)7-8-6(9-16-7)15-4-5(10)11/h2-4H2,1H3,(H,10,11). The van der Waals surface area contributed by atoms with Gasteiger partial charge >= 0.3 is 12.0 Å². The minimum atomic E-state index is -3.55. The third-order valence-electron chi connectivity index (χ3n) is 1.54. The highest BCUT2D eigenvalue weighted by Gasteiger charge is 2.20. The van der Waals surface area contributed by atoms with Crippen LogP contribution in [0.25, 0.3) is 0 Å². The zero-order valence-corrected chi connectivity index (χ0v) is 10.5. The van der Waals surface area contributed by atoms with E-state index >= 15 is 0 Å².